The molecular weight excluding hydrogens is 246 g/mol. The Morgan fingerprint density at radius 2 is 2.17 bits per heavy atom. The van der Waals surface area contributed by atoms with E-state index in [1.165, 1.54) is 0 Å². The van der Waals surface area contributed by atoms with Crippen molar-refractivity contribution >= 4 is 28.7 Å². The second-order valence-corrected chi connectivity index (χ2v) is 4.61. The van der Waals surface area contributed by atoms with Crippen molar-refractivity contribution in [3.8, 4) is 0 Å². The number of nitrogens with two attached hydrogens (primary N) is 1. The summed E-state index contributed by atoms with van der Waals surface area (Å²) in [5.41, 5.74) is 7.24. The van der Waals surface area contributed by atoms with Crippen LogP contribution in [-0.2, 0) is 0 Å². The molecule has 0 fully saturated rings. The third-order valence-corrected chi connectivity index (χ3v) is 2.73. The number of aromatic nitrogens is 3. The molecule has 6 heteroatoms. The Morgan fingerprint density at radius 1 is 1.39 bits per heavy atom. The van der Waals surface area contributed by atoms with Crippen LogP contribution in [0.25, 0.3) is 0 Å². The number of nitrogens with one attached hydrogen (secondary N) is 1. The van der Waals surface area contributed by atoms with Gasteiger partial charge in [-0.1, -0.05) is 12.2 Å². The Balaban J connectivity index is 2.34. The number of rotatable bonds is 4. The van der Waals surface area contributed by atoms with Gasteiger partial charge in [-0.25, -0.2) is 4.68 Å². The largest absolute Gasteiger partial charge is 0.389 e. The van der Waals surface area contributed by atoms with E-state index in [-0.39, 0.29) is 6.04 Å². The fourth-order valence-electron chi connectivity index (χ4n) is 1.67. The Bertz CT molecular complexity index is 561. The van der Waals surface area contributed by atoms with E-state index in [9.17, 15) is 0 Å². The minimum absolute atomic E-state index is 0.271. The van der Waals surface area contributed by atoms with E-state index in [1.807, 2.05) is 10.7 Å². The van der Waals surface area contributed by atoms with Crippen molar-refractivity contribution in [2.75, 3.05) is 5.32 Å². The predicted octanol–water partition coefficient (Wildman–Crippen LogP) is 2.24. The molecule has 0 radical (unpaired) electrons. The minimum Gasteiger partial charge on any atom is -0.389 e. The van der Waals surface area contributed by atoms with Gasteiger partial charge in [-0.2, -0.15) is 5.10 Å². The van der Waals surface area contributed by atoms with Crippen LogP contribution in [0.2, 0.25) is 0 Å². The summed E-state index contributed by atoms with van der Waals surface area (Å²) in [4.78, 5) is 4.42. The van der Waals surface area contributed by atoms with Crippen LogP contribution in [0.5, 0.6) is 0 Å². The molecule has 2 aromatic rings. The molecule has 2 aromatic heterocycles. The van der Waals surface area contributed by atoms with Crippen LogP contribution < -0.4 is 11.1 Å². The van der Waals surface area contributed by atoms with Gasteiger partial charge >= 0.3 is 0 Å². The fourth-order valence-corrected chi connectivity index (χ4v) is 1.85. The lowest BCUT2D eigenvalue weighted by atomic mass is 10.2. The summed E-state index contributed by atoms with van der Waals surface area (Å²) in [7, 11) is 0. The molecule has 0 aliphatic carbocycles. The number of pyridine rings is 1. The van der Waals surface area contributed by atoms with Crippen molar-refractivity contribution in [1.82, 2.24) is 14.8 Å². The molecule has 94 valence electrons. The number of hydrogen-bond acceptors (Lipinski definition) is 4. The van der Waals surface area contributed by atoms with Gasteiger partial charge < -0.3 is 11.1 Å². The lowest BCUT2D eigenvalue weighted by molar-refractivity contribution is 0.540. The van der Waals surface area contributed by atoms with Crippen molar-refractivity contribution in [1.29, 1.82) is 0 Å². The first-order valence-electron chi connectivity index (χ1n) is 5.64. The van der Waals surface area contributed by atoms with Gasteiger partial charge in [0.15, 0.2) is 0 Å². The molecule has 18 heavy (non-hydrogen) atoms. The molecule has 0 spiro atoms. The zero-order valence-electron chi connectivity index (χ0n) is 10.3. The lowest BCUT2D eigenvalue weighted by Gasteiger charge is -2.14. The summed E-state index contributed by atoms with van der Waals surface area (Å²) in [5.74, 6) is 0.885. The molecule has 0 bridgehead atoms. The highest BCUT2D eigenvalue weighted by Crippen LogP contribution is 2.21. The van der Waals surface area contributed by atoms with E-state index < -0.39 is 0 Å². The maximum Gasteiger partial charge on any atom is 0.128 e. The molecule has 0 saturated carbocycles. The normalized spacial score (nSPS) is 10.6. The van der Waals surface area contributed by atoms with Gasteiger partial charge in [0.2, 0.25) is 0 Å². The van der Waals surface area contributed by atoms with Crippen LogP contribution in [0.15, 0.2) is 30.7 Å². The zero-order valence-corrected chi connectivity index (χ0v) is 11.1. The third-order valence-electron chi connectivity index (χ3n) is 2.51. The first-order chi connectivity index (χ1) is 8.59. The predicted molar refractivity (Wildman–Crippen MR) is 76.0 cm³/mol. The van der Waals surface area contributed by atoms with E-state index >= 15 is 0 Å². The van der Waals surface area contributed by atoms with Crippen LogP contribution in [0, 0.1) is 0 Å². The van der Waals surface area contributed by atoms with Crippen LogP contribution >= 0.6 is 12.2 Å². The van der Waals surface area contributed by atoms with Crippen LogP contribution in [0.1, 0.15) is 25.5 Å². The van der Waals surface area contributed by atoms with Gasteiger partial charge in [-0.15, -0.1) is 0 Å². The van der Waals surface area contributed by atoms with Gasteiger partial charge in [0, 0.05) is 23.9 Å². The molecule has 0 aliphatic rings. The highest BCUT2D eigenvalue weighted by atomic mass is 32.1. The maximum absolute atomic E-state index is 5.68. The quantitative estimate of drug-likeness (QED) is 0.826. The third kappa shape index (κ3) is 2.48. The van der Waals surface area contributed by atoms with Crippen molar-refractivity contribution in [3.05, 3.63) is 36.3 Å². The van der Waals surface area contributed by atoms with Crippen molar-refractivity contribution < 1.29 is 0 Å². The number of hydrogen-bond donors (Lipinski definition) is 2. The Hall–Kier alpha value is -1.95. The monoisotopic (exact) mass is 261 g/mol. The van der Waals surface area contributed by atoms with Crippen molar-refractivity contribution in [3.63, 3.8) is 0 Å². The molecule has 0 saturated heterocycles. The summed E-state index contributed by atoms with van der Waals surface area (Å²) in [5, 5.41) is 7.51. The summed E-state index contributed by atoms with van der Waals surface area (Å²) < 4.78 is 1.89. The average Bonchev–Trinajstić information content (AvgIpc) is 2.77. The van der Waals surface area contributed by atoms with Crippen LogP contribution in [-0.4, -0.2) is 19.8 Å². The van der Waals surface area contributed by atoms with E-state index in [0.717, 1.165) is 17.1 Å². The Kier molecular flexibility index (Phi) is 3.57. The highest BCUT2D eigenvalue weighted by molar-refractivity contribution is 7.80. The van der Waals surface area contributed by atoms with Gasteiger partial charge in [-0.3, -0.25) is 4.98 Å². The highest BCUT2D eigenvalue weighted by Gasteiger charge is 2.09. The van der Waals surface area contributed by atoms with Gasteiger partial charge in [0.25, 0.3) is 0 Å². The van der Waals surface area contributed by atoms with Crippen LogP contribution in [0.4, 0.5) is 11.5 Å². The van der Waals surface area contributed by atoms with Crippen LogP contribution in [0.3, 0.4) is 0 Å². The molecule has 0 aromatic carbocycles. The Labute approximate surface area is 111 Å². The molecule has 2 heterocycles. The first-order valence-corrected chi connectivity index (χ1v) is 6.04. The summed E-state index contributed by atoms with van der Waals surface area (Å²) in [6.07, 6.45) is 5.12. The second-order valence-electron chi connectivity index (χ2n) is 4.17. The van der Waals surface area contributed by atoms with Crippen molar-refractivity contribution in [2.24, 2.45) is 5.73 Å². The fraction of sp³-hybridized carbons (Fsp3) is 0.250. The molecule has 0 amide bonds. The van der Waals surface area contributed by atoms with E-state index in [1.54, 1.807) is 24.7 Å². The second kappa shape index (κ2) is 5.14. The SMILES string of the molecule is CC(C)n1nccc1Nc1cnccc1C(N)=S. The van der Waals surface area contributed by atoms with Crippen molar-refractivity contribution in [2.45, 2.75) is 19.9 Å². The molecule has 0 aliphatic heterocycles. The number of anilines is 2. The summed E-state index contributed by atoms with van der Waals surface area (Å²) >= 11 is 5.02. The van der Waals surface area contributed by atoms with E-state index in [4.69, 9.17) is 18.0 Å². The maximum atomic E-state index is 5.68. The molecule has 5 nitrogen and oxygen atoms in total. The summed E-state index contributed by atoms with van der Waals surface area (Å²) in [6, 6.07) is 3.96. The van der Waals surface area contributed by atoms with E-state index in [2.05, 4.69) is 29.2 Å². The van der Waals surface area contributed by atoms with Gasteiger partial charge in [-0.05, 0) is 19.9 Å². The molecule has 0 atom stereocenters. The topological polar surface area (TPSA) is 68.8 Å². The molecule has 2 rings (SSSR count). The number of nitrogens with zero attached hydrogens (tertiary/aromatic N) is 3. The zero-order chi connectivity index (χ0) is 13.1. The molecule has 3 N–H and O–H groups in total. The summed E-state index contributed by atoms with van der Waals surface area (Å²) in [6.45, 7) is 4.13. The lowest BCUT2D eigenvalue weighted by Crippen LogP contribution is -2.13. The molecular formula is C12H15N5S. The Morgan fingerprint density at radius 3 is 2.83 bits per heavy atom. The van der Waals surface area contributed by atoms with Gasteiger partial charge in [0.05, 0.1) is 18.1 Å². The van der Waals surface area contributed by atoms with Gasteiger partial charge in [0.1, 0.15) is 10.8 Å². The van der Waals surface area contributed by atoms with E-state index in [0.29, 0.717) is 4.99 Å². The molecule has 0 unspecified atom stereocenters. The average molecular weight is 261 g/mol. The number of thiocarbonyl (C=S) groups is 1. The first kappa shape index (κ1) is 12.5. The standard InChI is InChI=1S/C12H15N5S/c1-8(2)17-11(4-6-15-17)16-10-7-14-5-3-9(10)12(13)18/h3-8,16H,1-2H3,(H2,13,18). The minimum atomic E-state index is 0.271. The smallest absolute Gasteiger partial charge is 0.128 e.